The number of rotatable bonds is 8. The Morgan fingerprint density at radius 3 is 1.42 bits per heavy atom. The monoisotopic (exact) mass is 266 g/mol. The molecule has 0 spiro atoms. The van der Waals surface area contributed by atoms with Gasteiger partial charge in [0.25, 0.3) is 0 Å². The van der Waals surface area contributed by atoms with E-state index < -0.39 is 0 Å². The summed E-state index contributed by atoms with van der Waals surface area (Å²) in [6.07, 6.45) is 4.59. The number of hydrogen-bond donors (Lipinski definition) is 0. The highest BCUT2D eigenvalue weighted by Crippen LogP contribution is 2.52. The van der Waals surface area contributed by atoms with Gasteiger partial charge in [0.2, 0.25) is 0 Å². The summed E-state index contributed by atoms with van der Waals surface area (Å²) in [5.74, 6) is 4.09. The van der Waals surface area contributed by atoms with Crippen molar-refractivity contribution >= 4 is 0 Å². The Kier molecular flexibility index (Phi) is 5.70. The predicted molar refractivity (Wildman–Crippen MR) is 83.4 cm³/mol. The molecule has 2 heteroatoms. The lowest BCUT2D eigenvalue weighted by atomic mass is 9.80. The van der Waals surface area contributed by atoms with Crippen LogP contribution < -0.4 is 0 Å². The molecule has 0 aromatic rings. The lowest BCUT2D eigenvalue weighted by Crippen LogP contribution is -2.38. The van der Waals surface area contributed by atoms with Crippen LogP contribution in [0.1, 0.15) is 47.0 Å². The molecule has 0 aromatic heterocycles. The SMILES string of the molecule is CCN(CC)CC1CC2CC(CN(CC)CC)C1C2. The second-order valence-electron chi connectivity index (χ2n) is 6.73. The largest absolute Gasteiger partial charge is 0.304 e. The van der Waals surface area contributed by atoms with Gasteiger partial charge in [-0.15, -0.1) is 0 Å². The van der Waals surface area contributed by atoms with E-state index in [0.717, 1.165) is 23.7 Å². The summed E-state index contributed by atoms with van der Waals surface area (Å²) in [7, 11) is 0. The summed E-state index contributed by atoms with van der Waals surface area (Å²) in [6.45, 7) is 16.9. The van der Waals surface area contributed by atoms with Crippen molar-refractivity contribution in [2.24, 2.45) is 23.7 Å². The van der Waals surface area contributed by atoms with Gasteiger partial charge in [0.05, 0.1) is 0 Å². The van der Waals surface area contributed by atoms with Crippen LogP contribution in [-0.2, 0) is 0 Å². The molecule has 0 saturated heterocycles. The normalized spacial score (nSPS) is 33.8. The predicted octanol–water partition coefficient (Wildman–Crippen LogP) is 3.33. The van der Waals surface area contributed by atoms with Gasteiger partial charge >= 0.3 is 0 Å². The van der Waals surface area contributed by atoms with Gasteiger partial charge in [-0.2, -0.15) is 0 Å². The van der Waals surface area contributed by atoms with Crippen LogP contribution in [0.25, 0.3) is 0 Å². The lowest BCUT2D eigenvalue weighted by Gasteiger charge is -2.35. The van der Waals surface area contributed by atoms with E-state index in [-0.39, 0.29) is 0 Å². The molecule has 0 amide bonds. The molecule has 2 saturated carbocycles. The van der Waals surface area contributed by atoms with E-state index in [1.165, 1.54) is 58.5 Å². The van der Waals surface area contributed by atoms with Gasteiger partial charge in [-0.1, -0.05) is 27.7 Å². The summed E-state index contributed by atoms with van der Waals surface area (Å²) in [6, 6.07) is 0. The molecule has 0 N–H and O–H groups in total. The van der Waals surface area contributed by atoms with Crippen LogP contribution in [0, 0.1) is 23.7 Å². The van der Waals surface area contributed by atoms with Crippen LogP contribution in [0.4, 0.5) is 0 Å². The van der Waals surface area contributed by atoms with Crippen molar-refractivity contribution in [2.75, 3.05) is 39.3 Å². The fraction of sp³-hybridized carbons (Fsp3) is 1.00. The van der Waals surface area contributed by atoms with Gasteiger partial charge in [0.15, 0.2) is 0 Å². The molecule has 2 aliphatic rings. The molecule has 0 aromatic carbocycles. The van der Waals surface area contributed by atoms with Crippen molar-refractivity contribution in [1.82, 2.24) is 9.80 Å². The highest BCUT2D eigenvalue weighted by atomic mass is 15.1. The van der Waals surface area contributed by atoms with E-state index in [9.17, 15) is 0 Å². The Bertz CT molecular complexity index is 234. The van der Waals surface area contributed by atoms with E-state index in [2.05, 4.69) is 37.5 Å². The molecular formula is C17H34N2. The van der Waals surface area contributed by atoms with Gasteiger partial charge in [-0.05, 0) is 69.1 Å². The van der Waals surface area contributed by atoms with Crippen LogP contribution in [0.15, 0.2) is 0 Å². The molecule has 112 valence electrons. The maximum atomic E-state index is 2.64. The summed E-state index contributed by atoms with van der Waals surface area (Å²) in [5, 5.41) is 0. The molecule has 0 heterocycles. The summed E-state index contributed by atoms with van der Waals surface area (Å²) >= 11 is 0. The van der Waals surface area contributed by atoms with E-state index in [4.69, 9.17) is 0 Å². The van der Waals surface area contributed by atoms with Crippen molar-refractivity contribution in [1.29, 1.82) is 0 Å². The van der Waals surface area contributed by atoms with Gasteiger partial charge in [0, 0.05) is 13.1 Å². The molecule has 2 atom stereocenters. The third-order valence-corrected chi connectivity index (χ3v) is 5.86. The molecule has 2 fully saturated rings. The first kappa shape index (κ1) is 15.3. The first-order valence-corrected chi connectivity index (χ1v) is 8.66. The second-order valence-corrected chi connectivity index (χ2v) is 6.73. The molecule has 2 aliphatic carbocycles. The Morgan fingerprint density at radius 1 is 0.684 bits per heavy atom. The molecule has 2 nitrogen and oxygen atoms in total. The highest BCUT2D eigenvalue weighted by molar-refractivity contribution is 4.97. The van der Waals surface area contributed by atoms with Crippen molar-refractivity contribution in [2.45, 2.75) is 47.0 Å². The van der Waals surface area contributed by atoms with E-state index in [0.29, 0.717) is 0 Å². The van der Waals surface area contributed by atoms with Crippen LogP contribution in [0.3, 0.4) is 0 Å². The van der Waals surface area contributed by atoms with Gasteiger partial charge in [-0.3, -0.25) is 0 Å². The first-order valence-electron chi connectivity index (χ1n) is 8.66. The topological polar surface area (TPSA) is 6.48 Å². The first-order chi connectivity index (χ1) is 9.21. The molecule has 2 bridgehead atoms. The second kappa shape index (κ2) is 7.08. The van der Waals surface area contributed by atoms with Crippen LogP contribution >= 0.6 is 0 Å². The fourth-order valence-corrected chi connectivity index (χ4v) is 4.70. The van der Waals surface area contributed by atoms with Crippen molar-refractivity contribution in [3.05, 3.63) is 0 Å². The van der Waals surface area contributed by atoms with Gasteiger partial charge in [0.1, 0.15) is 0 Å². The number of hydrogen-bond acceptors (Lipinski definition) is 2. The van der Waals surface area contributed by atoms with Crippen molar-refractivity contribution in [3.63, 3.8) is 0 Å². The Balaban J connectivity index is 1.88. The Labute approximate surface area is 120 Å². The molecular weight excluding hydrogens is 232 g/mol. The minimum absolute atomic E-state index is 0.999. The molecule has 2 unspecified atom stereocenters. The summed E-state index contributed by atoms with van der Waals surface area (Å²) < 4.78 is 0. The fourth-order valence-electron chi connectivity index (χ4n) is 4.70. The zero-order chi connectivity index (χ0) is 13.8. The maximum absolute atomic E-state index is 2.64. The maximum Gasteiger partial charge on any atom is 0.00123 e. The van der Waals surface area contributed by atoms with Crippen LogP contribution in [0.5, 0.6) is 0 Å². The van der Waals surface area contributed by atoms with Gasteiger partial charge in [-0.25, -0.2) is 0 Å². The molecule has 2 rings (SSSR count). The standard InChI is InChI=1S/C17H34N2/c1-5-18(6-2)12-15-9-14-10-16(17(15)11-14)13-19(7-3)8-4/h14-17H,5-13H2,1-4H3. The quantitative estimate of drug-likeness (QED) is 0.665. The Hall–Kier alpha value is -0.0800. The van der Waals surface area contributed by atoms with E-state index in [1.807, 2.05) is 0 Å². The molecule has 0 radical (unpaired) electrons. The smallest absolute Gasteiger partial charge is 0.00123 e. The van der Waals surface area contributed by atoms with Gasteiger partial charge < -0.3 is 9.80 Å². The van der Waals surface area contributed by atoms with E-state index >= 15 is 0 Å². The molecule has 0 aliphatic heterocycles. The number of fused-ring (bicyclic) bond motifs is 2. The van der Waals surface area contributed by atoms with Crippen LogP contribution in [0.2, 0.25) is 0 Å². The Morgan fingerprint density at radius 2 is 1.11 bits per heavy atom. The zero-order valence-electron chi connectivity index (χ0n) is 13.6. The molecule has 19 heavy (non-hydrogen) atoms. The van der Waals surface area contributed by atoms with Crippen molar-refractivity contribution < 1.29 is 0 Å². The minimum Gasteiger partial charge on any atom is -0.304 e. The third kappa shape index (κ3) is 3.52. The number of nitrogens with zero attached hydrogens (tertiary/aromatic N) is 2. The average Bonchev–Trinajstić information content (AvgIpc) is 3.01. The third-order valence-electron chi connectivity index (χ3n) is 5.86. The summed E-state index contributed by atoms with van der Waals surface area (Å²) in [4.78, 5) is 5.28. The summed E-state index contributed by atoms with van der Waals surface area (Å²) in [5.41, 5.74) is 0. The van der Waals surface area contributed by atoms with Crippen LogP contribution in [-0.4, -0.2) is 49.1 Å². The average molecular weight is 266 g/mol. The van der Waals surface area contributed by atoms with Crippen molar-refractivity contribution in [3.8, 4) is 0 Å². The minimum atomic E-state index is 0.999. The highest BCUT2D eigenvalue weighted by Gasteiger charge is 2.46. The van der Waals surface area contributed by atoms with E-state index in [1.54, 1.807) is 0 Å². The zero-order valence-corrected chi connectivity index (χ0v) is 13.6. The lowest BCUT2D eigenvalue weighted by molar-refractivity contribution is 0.133.